The summed E-state index contributed by atoms with van der Waals surface area (Å²) in [6.07, 6.45) is 5.23. The highest BCUT2D eigenvalue weighted by atomic mass is 16.6. The Morgan fingerprint density at radius 2 is 1.80 bits per heavy atom. The minimum atomic E-state index is -0.477. The van der Waals surface area contributed by atoms with Gasteiger partial charge in [-0.2, -0.15) is 0 Å². The molecule has 0 spiro atoms. The number of hydrogen-bond acceptors (Lipinski definition) is 10. The summed E-state index contributed by atoms with van der Waals surface area (Å²) in [4.78, 5) is 41.2. The zero-order chi connectivity index (χ0) is 33.7. The first-order valence-corrected chi connectivity index (χ1v) is 16.4. The predicted molar refractivity (Wildman–Crippen MR) is 178 cm³/mol. The maximum Gasteiger partial charge on any atom is 0.310 e. The van der Waals surface area contributed by atoms with Crippen molar-refractivity contribution in [3.8, 4) is 5.75 Å². The van der Waals surface area contributed by atoms with Gasteiger partial charge >= 0.3 is 5.69 Å². The fraction of sp³-hybridized carbons (Fsp3) is 0.343. The van der Waals surface area contributed by atoms with Gasteiger partial charge in [0.1, 0.15) is 12.3 Å². The molecule has 3 aromatic carbocycles. The monoisotopic (exact) mass is 664 g/mol. The molecule has 2 unspecified atom stereocenters. The molecule has 0 bridgehead atoms. The summed E-state index contributed by atoms with van der Waals surface area (Å²) < 4.78 is 13.1. The first-order chi connectivity index (χ1) is 23.9. The second-order valence-electron chi connectivity index (χ2n) is 12.5. The molecule has 14 nitrogen and oxygen atoms in total. The Balaban J connectivity index is 0.912. The lowest BCUT2D eigenvalue weighted by atomic mass is 10.0. The summed E-state index contributed by atoms with van der Waals surface area (Å²) in [6, 6.07) is 21.4. The average Bonchev–Trinajstić information content (AvgIpc) is 3.81. The standard InChI is InChI=1S/C35H36N8O6/c44-34(26-14-13-24-7-1-2-8-25(24)17-26)36-27-9-5-16-41(19-27)35(45)31-18-30(49-38-31)22-40-15-6-10-29(21-40)42-20-28(37-39-42)23-48-33-12-4-3-11-32(33)43(46)47/h1-4,7-8,11-14,17-18,20,27,29H,5-6,9-10,15-16,19,21-23H2,(H,36,44). The molecule has 14 heteroatoms. The highest BCUT2D eigenvalue weighted by Gasteiger charge is 2.29. The van der Waals surface area contributed by atoms with Crippen LogP contribution in [0.25, 0.3) is 10.8 Å². The maximum absolute atomic E-state index is 13.4. The first-order valence-electron chi connectivity index (χ1n) is 16.4. The van der Waals surface area contributed by atoms with Gasteiger partial charge in [-0.05, 0) is 61.2 Å². The van der Waals surface area contributed by atoms with Crippen LogP contribution >= 0.6 is 0 Å². The molecule has 252 valence electrons. The van der Waals surface area contributed by atoms with E-state index in [2.05, 4.69) is 25.7 Å². The molecule has 2 fully saturated rings. The lowest BCUT2D eigenvalue weighted by Gasteiger charge is -2.32. The van der Waals surface area contributed by atoms with Crippen molar-refractivity contribution in [2.24, 2.45) is 0 Å². The number of carbonyl (C=O) groups excluding carboxylic acids is 2. The van der Waals surface area contributed by atoms with Crippen LogP contribution in [0.15, 0.2) is 83.5 Å². The van der Waals surface area contributed by atoms with E-state index in [1.807, 2.05) is 53.3 Å². The second-order valence-corrected chi connectivity index (χ2v) is 12.5. The molecule has 2 aromatic heterocycles. The number of aromatic nitrogens is 4. The van der Waals surface area contributed by atoms with Crippen LogP contribution < -0.4 is 10.1 Å². The van der Waals surface area contributed by atoms with Gasteiger partial charge in [0.05, 0.1) is 23.7 Å². The van der Waals surface area contributed by atoms with Crippen molar-refractivity contribution >= 4 is 28.3 Å². The average molecular weight is 665 g/mol. The van der Waals surface area contributed by atoms with Crippen LogP contribution in [0.3, 0.4) is 0 Å². The van der Waals surface area contributed by atoms with Gasteiger partial charge in [0.2, 0.25) is 0 Å². The third-order valence-electron chi connectivity index (χ3n) is 9.06. The van der Waals surface area contributed by atoms with Crippen molar-refractivity contribution in [1.29, 1.82) is 0 Å². The quantitative estimate of drug-likeness (QED) is 0.163. The molecule has 2 saturated heterocycles. The third-order valence-corrected chi connectivity index (χ3v) is 9.06. The summed E-state index contributed by atoms with van der Waals surface area (Å²) >= 11 is 0. The molecule has 2 aliphatic rings. The number of nitro benzene ring substituents is 1. The number of nitrogens with zero attached hydrogens (tertiary/aromatic N) is 7. The van der Waals surface area contributed by atoms with Gasteiger partial charge < -0.3 is 19.5 Å². The number of piperidine rings is 2. The molecule has 4 heterocycles. The highest BCUT2D eigenvalue weighted by molar-refractivity contribution is 5.99. The summed E-state index contributed by atoms with van der Waals surface area (Å²) in [5.74, 6) is 0.413. The number of likely N-dealkylation sites (tertiary alicyclic amines) is 2. The minimum Gasteiger partial charge on any atom is -0.480 e. The molecule has 0 saturated carbocycles. The summed E-state index contributed by atoms with van der Waals surface area (Å²) in [6.45, 7) is 3.09. The van der Waals surface area contributed by atoms with Gasteiger partial charge in [0.15, 0.2) is 17.2 Å². The number of para-hydroxylation sites is 2. The van der Waals surface area contributed by atoms with Crippen LogP contribution in [0.2, 0.25) is 0 Å². The molecule has 0 aliphatic carbocycles. The topological polar surface area (TPSA) is 162 Å². The lowest BCUT2D eigenvalue weighted by molar-refractivity contribution is -0.385. The zero-order valence-corrected chi connectivity index (χ0v) is 26.8. The Bertz CT molecular complexity index is 1970. The molecule has 2 atom stereocenters. The van der Waals surface area contributed by atoms with E-state index in [1.54, 1.807) is 29.2 Å². The van der Waals surface area contributed by atoms with Crippen molar-refractivity contribution in [2.75, 3.05) is 26.2 Å². The SMILES string of the molecule is O=C(NC1CCCN(C(=O)c2cc(CN3CCCC(n4cc(COc5ccccc5[N+](=O)[O-])nn4)C3)on2)C1)c1ccc2ccccc2c1. The summed E-state index contributed by atoms with van der Waals surface area (Å²) in [7, 11) is 0. The Hall–Kier alpha value is -5.63. The Morgan fingerprint density at radius 1 is 0.980 bits per heavy atom. The number of hydrogen-bond donors (Lipinski definition) is 1. The molecular formula is C35H36N8O6. The number of amides is 2. The first kappa shape index (κ1) is 31.9. The molecule has 7 rings (SSSR count). The largest absolute Gasteiger partial charge is 0.480 e. The van der Waals surface area contributed by atoms with Crippen molar-refractivity contribution < 1.29 is 23.8 Å². The number of ether oxygens (including phenoxy) is 1. The fourth-order valence-corrected chi connectivity index (χ4v) is 6.58. The van der Waals surface area contributed by atoms with Gasteiger partial charge in [-0.3, -0.25) is 24.6 Å². The van der Waals surface area contributed by atoms with Crippen LogP contribution in [0.4, 0.5) is 5.69 Å². The summed E-state index contributed by atoms with van der Waals surface area (Å²) in [5, 5.41) is 29.1. The zero-order valence-electron chi connectivity index (χ0n) is 26.8. The van der Waals surface area contributed by atoms with E-state index >= 15 is 0 Å². The third kappa shape index (κ3) is 7.44. The summed E-state index contributed by atoms with van der Waals surface area (Å²) in [5.41, 5.74) is 1.32. The number of benzene rings is 3. The van der Waals surface area contributed by atoms with Gasteiger partial charge in [-0.25, -0.2) is 4.68 Å². The van der Waals surface area contributed by atoms with E-state index in [-0.39, 0.29) is 47.6 Å². The van der Waals surface area contributed by atoms with E-state index in [4.69, 9.17) is 9.26 Å². The lowest BCUT2D eigenvalue weighted by Crippen LogP contribution is -2.49. The molecule has 2 amide bonds. The fourth-order valence-electron chi connectivity index (χ4n) is 6.58. The van der Waals surface area contributed by atoms with E-state index in [0.717, 1.165) is 43.0 Å². The highest BCUT2D eigenvalue weighted by Crippen LogP contribution is 2.27. The molecule has 1 N–H and O–H groups in total. The van der Waals surface area contributed by atoms with Gasteiger partial charge in [-0.1, -0.05) is 52.8 Å². The van der Waals surface area contributed by atoms with Crippen LogP contribution in [-0.2, 0) is 13.2 Å². The number of nitrogens with one attached hydrogen (secondary N) is 1. The number of carbonyl (C=O) groups is 2. The predicted octanol–water partition coefficient (Wildman–Crippen LogP) is 4.78. The molecule has 49 heavy (non-hydrogen) atoms. The Kier molecular flexibility index (Phi) is 9.28. The molecule has 2 aliphatic heterocycles. The molecular weight excluding hydrogens is 628 g/mol. The maximum atomic E-state index is 13.4. The van der Waals surface area contributed by atoms with E-state index in [9.17, 15) is 19.7 Å². The smallest absolute Gasteiger partial charge is 0.310 e. The molecule has 5 aromatic rings. The van der Waals surface area contributed by atoms with Gasteiger partial charge in [0.25, 0.3) is 11.8 Å². The van der Waals surface area contributed by atoms with E-state index in [0.29, 0.717) is 43.2 Å². The van der Waals surface area contributed by atoms with Crippen molar-refractivity contribution in [3.05, 3.63) is 112 Å². The minimum absolute atomic E-state index is 0.0603. The van der Waals surface area contributed by atoms with Crippen molar-refractivity contribution in [2.45, 2.75) is 50.9 Å². The van der Waals surface area contributed by atoms with Crippen molar-refractivity contribution in [1.82, 2.24) is 35.3 Å². The normalized spacial score (nSPS) is 18.3. The number of nitro groups is 1. The van der Waals surface area contributed by atoms with Crippen LogP contribution in [0, 0.1) is 10.1 Å². The van der Waals surface area contributed by atoms with E-state index in [1.165, 1.54) is 6.07 Å². The van der Waals surface area contributed by atoms with Crippen LogP contribution in [0.5, 0.6) is 5.75 Å². The van der Waals surface area contributed by atoms with Crippen LogP contribution in [-0.4, -0.2) is 78.9 Å². The Labute approximate surface area is 281 Å². The second kappa shape index (κ2) is 14.2. The number of fused-ring (bicyclic) bond motifs is 1. The van der Waals surface area contributed by atoms with E-state index < -0.39 is 4.92 Å². The van der Waals surface area contributed by atoms with Gasteiger partial charge in [-0.15, -0.1) is 5.10 Å². The van der Waals surface area contributed by atoms with Crippen LogP contribution in [0.1, 0.15) is 64.0 Å². The number of rotatable bonds is 10. The van der Waals surface area contributed by atoms with Gasteiger partial charge in [0, 0.05) is 43.4 Å². The Morgan fingerprint density at radius 3 is 2.67 bits per heavy atom. The van der Waals surface area contributed by atoms with Crippen molar-refractivity contribution in [3.63, 3.8) is 0 Å². The molecule has 0 radical (unpaired) electrons.